The first-order chi connectivity index (χ1) is 9.71. The van der Waals surface area contributed by atoms with Crippen LogP contribution in [0, 0.1) is 0 Å². The number of nitrogens with zero attached hydrogens (tertiary/aromatic N) is 5. The van der Waals surface area contributed by atoms with Gasteiger partial charge in [0.25, 0.3) is 0 Å². The largest absolute Gasteiger partial charge is 0.380 e. The highest BCUT2D eigenvalue weighted by Gasteiger charge is 2.25. The van der Waals surface area contributed by atoms with Gasteiger partial charge in [-0.15, -0.1) is 0 Å². The van der Waals surface area contributed by atoms with E-state index in [2.05, 4.69) is 44.0 Å². The van der Waals surface area contributed by atoms with Gasteiger partial charge in [-0.1, -0.05) is 0 Å². The van der Waals surface area contributed by atoms with Crippen molar-refractivity contribution in [3.8, 4) is 0 Å². The summed E-state index contributed by atoms with van der Waals surface area (Å²) in [5.74, 6) is 7.14. The average Bonchev–Trinajstić information content (AvgIpc) is 2.97. The molecule has 2 rings (SSSR count). The molecule has 0 radical (unpaired) electrons. The summed E-state index contributed by atoms with van der Waals surface area (Å²) < 4.78 is 5.38. The van der Waals surface area contributed by atoms with Gasteiger partial charge < -0.3 is 14.5 Å². The quantitative estimate of drug-likeness (QED) is 0.565. The highest BCUT2D eigenvalue weighted by Crippen LogP contribution is 2.21. The lowest BCUT2D eigenvalue weighted by Gasteiger charge is -2.22. The fraction of sp³-hybridized carbons (Fsp3) is 0.750. The summed E-state index contributed by atoms with van der Waals surface area (Å²) in [4.78, 5) is 17.4. The number of nitrogen functional groups attached to an aromatic ring is 1. The van der Waals surface area contributed by atoms with Crippen LogP contribution < -0.4 is 21.1 Å². The Labute approximate surface area is 119 Å². The normalized spacial score (nSPS) is 18.4. The van der Waals surface area contributed by atoms with Crippen LogP contribution in [0.1, 0.15) is 20.3 Å². The van der Waals surface area contributed by atoms with Gasteiger partial charge >= 0.3 is 0 Å². The second-order valence-electron chi connectivity index (χ2n) is 4.67. The van der Waals surface area contributed by atoms with E-state index in [1.165, 1.54) is 0 Å². The van der Waals surface area contributed by atoms with Gasteiger partial charge in [-0.05, 0) is 20.3 Å². The molecule has 8 nitrogen and oxygen atoms in total. The zero-order valence-corrected chi connectivity index (χ0v) is 12.3. The Hall–Kier alpha value is -1.67. The summed E-state index contributed by atoms with van der Waals surface area (Å²) >= 11 is 0. The van der Waals surface area contributed by atoms with E-state index < -0.39 is 0 Å². The van der Waals surface area contributed by atoms with E-state index in [0.29, 0.717) is 17.8 Å². The second-order valence-corrected chi connectivity index (χ2v) is 4.67. The third-order valence-electron chi connectivity index (χ3n) is 3.55. The molecular weight excluding hydrogens is 258 g/mol. The van der Waals surface area contributed by atoms with E-state index >= 15 is 0 Å². The van der Waals surface area contributed by atoms with Gasteiger partial charge in [0.15, 0.2) is 0 Å². The summed E-state index contributed by atoms with van der Waals surface area (Å²) in [5, 5.41) is 0. The maximum Gasteiger partial charge on any atom is 0.243 e. The molecule has 1 aromatic heterocycles. The zero-order valence-electron chi connectivity index (χ0n) is 12.3. The van der Waals surface area contributed by atoms with Crippen molar-refractivity contribution in [1.82, 2.24) is 15.0 Å². The highest BCUT2D eigenvalue weighted by atomic mass is 16.5. The first kappa shape index (κ1) is 14.7. The van der Waals surface area contributed by atoms with Crippen molar-refractivity contribution in [2.45, 2.75) is 26.4 Å². The topological polar surface area (TPSA) is 92.4 Å². The molecule has 1 unspecified atom stereocenters. The Bertz CT molecular complexity index is 438. The van der Waals surface area contributed by atoms with Crippen LogP contribution in [-0.2, 0) is 4.74 Å². The highest BCUT2D eigenvalue weighted by molar-refractivity contribution is 5.45. The fourth-order valence-electron chi connectivity index (χ4n) is 2.31. The monoisotopic (exact) mass is 281 g/mol. The van der Waals surface area contributed by atoms with Crippen LogP contribution in [0.25, 0.3) is 0 Å². The van der Waals surface area contributed by atoms with Gasteiger partial charge in [-0.2, -0.15) is 15.0 Å². The number of nitrogens with one attached hydrogen (secondary N) is 1. The maximum atomic E-state index is 5.46. The molecule has 0 amide bonds. The Balaban J connectivity index is 2.26. The smallest absolute Gasteiger partial charge is 0.243 e. The number of hydrogen-bond acceptors (Lipinski definition) is 8. The number of hydrogen-bond donors (Lipinski definition) is 2. The third kappa shape index (κ3) is 3.07. The van der Waals surface area contributed by atoms with Gasteiger partial charge in [-0.25, -0.2) is 5.84 Å². The van der Waals surface area contributed by atoms with Crippen LogP contribution >= 0.6 is 0 Å². The minimum atomic E-state index is 0.234. The van der Waals surface area contributed by atoms with E-state index in [0.717, 1.165) is 32.6 Å². The number of methoxy groups -OCH3 is 1. The molecule has 2 heterocycles. The van der Waals surface area contributed by atoms with Crippen LogP contribution in [0.4, 0.5) is 17.8 Å². The van der Waals surface area contributed by atoms with Crippen LogP contribution in [-0.4, -0.2) is 54.3 Å². The number of nitrogens with two attached hydrogens (primary N) is 1. The van der Waals surface area contributed by atoms with E-state index in [-0.39, 0.29) is 6.10 Å². The minimum absolute atomic E-state index is 0.234. The van der Waals surface area contributed by atoms with Crippen LogP contribution in [0.15, 0.2) is 0 Å². The van der Waals surface area contributed by atoms with Crippen LogP contribution in [0.3, 0.4) is 0 Å². The molecule has 1 aliphatic rings. The van der Waals surface area contributed by atoms with Gasteiger partial charge in [0.2, 0.25) is 17.8 Å². The van der Waals surface area contributed by atoms with Crippen molar-refractivity contribution < 1.29 is 4.74 Å². The number of aromatic nitrogens is 3. The van der Waals surface area contributed by atoms with E-state index in [9.17, 15) is 0 Å². The molecule has 1 aliphatic heterocycles. The number of ether oxygens (including phenoxy) is 1. The minimum Gasteiger partial charge on any atom is -0.380 e. The molecular formula is C12H23N7O. The van der Waals surface area contributed by atoms with Crippen LogP contribution in [0.2, 0.25) is 0 Å². The molecule has 1 aromatic rings. The number of hydrazine groups is 1. The zero-order chi connectivity index (χ0) is 14.5. The lowest BCUT2D eigenvalue weighted by atomic mass is 10.3. The first-order valence-electron chi connectivity index (χ1n) is 6.97. The first-order valence-corrected chi connectivity index (χ1v) is 6.97. The van der Waals surface area contributed by atoms with Gasteiger partial charge in [0.1, 0.15) is 0 Å². The standard InChI is InChI=1S/C12H23N7O/c1-4-18(5-2)11-14-10(17-13)15-12(16-11)19-7-6-9(8-19)20-3/h9H,4-8,13H2,1-3H3,(H,14,15,16,17). The molecule has 1 saturated heterocycles. The lowest BCUT2D eigenvalue weighted by molar-refractivity contribution is 0.121. The number of anilines is 3. The van der Waals surface area contributed by atoms with Crippen LogP contribution in [0.5, 0.6) is 0 Å². The SMILES string of the molecule is CCN(CC)c1nc(NN)nc(N2CCC(OC)C2)n1. The summed E-state index contributed by atoms with van der Waals surface area (Å²) in [6.45, 7) is 7.49. The van der Waals surface area contributed by atoms with Crippen molar-refractivity contribution in [2.75, 3.05) is 48.5 Å². The summed E-state index contributed by atoms with van der Waals surface area (Å²) in [7, 11) is 1.73. The molecule has 112 valence electrons. The predicted octanol–water partition coefficient (Wildman–Crippen LogP) is 0.229. The van der Waals surface area contributed by atoms with Crippen molar-refractivity contribution in [1.29, 1.82) is 0 Å². The third-order valence-corrected chi connectivity index (χ3v) is 3.55. The molecule has 0 aliphatic carbocycles. The van der Waals surface area contributed by atoms with E-state index in [1.807, 2.05) is 0 Å². The summed E-state index contributed by atoms with van der Waals surface area (Å²) in [5.41, 5.74) is 2.51. The Morgan fingerprint density at radius 2 is 2.10 bits per heavy atom. The lowest BCUT2D eigenvalue weighted by Crippen LogP contribution is -2.29. The van der Waals surface area contributed by atoms with Gasteiger partial charge in [0, 0.05) is 33.3 Å². The number of rotatable bonds is 6. The molecule has 1 fully saturated rings. The maximum absolute atomic E-state index is 5.46. The van der Waals surface area contributed by atoms with Crippen molar-refractivity contribution in [2.24, 2.45) is 5.84 Å². The second kappa shape index (κ2) is 6.67. The molecule has 0 saturated carbocycles. The van der Waals surface area contributed by atoms with Crippen molar-refractivity contribution >= 4 is 17.8 Å². The summed E-state index contributed by atoms with van der Waals surface area (Å²) in [6.07, 6.45) is 1.21. The van der Waals surface area contributed by atoms with E-state index in [1.54, 1.807) is 7.11 Å². The molecule has 0 aromatic carbocycles. The molecule has 0 spiro atoms. The molecule has 1 atom stereocenters. The fourth-order valence-corrected chi connectivity index (χ4v) is 2.31. The van der Waals surface area contributed by atoms with Gasteiger partial charge in [-0.3, -0.25) is 5.43 Å². The molecule has 0 bridgehead atoms. The van der Waals surface area contributed by atoms with E-state index in [4.69, 9.17) is 10.6 Å². The Kier molecular flexibility index (Phi) is 4.91. The van der Waals surface area contributed by atoms with Gasteiger partial charge in [0.05, 0.1) is 6.10 Å². The Morgan fingerprint density at radius 1 is 1.35 bits per heavy atom. The molecule has 3 N–H and O–H groups in total. The average molecular weight is 281 g/mol. The predicted molar refractivity (Wildman–Crippen MR) is 78.8 cm³/mol. The Morgan fingerprint density at radius 3 is 2.65 bits per heavy atom. The summed E-state index contributed by atoms with van der Waals surface area (Å²) in [6, 6.07) is 0. The van der Waals surface area contributed by atoms with Crippen molar-refractivity contribution in [3.05, 3.63) is 0 Å². The molecule has 8 heteroatoms. The van der Waals surface area contributed by atoms with Crippen molar-refractivity contribution in [3.63, 3.8) is 0 Å². The molecule has 20 heavy (non-hydrogen) atoms.